The average Bonchev–Trinajstić information content (AvgIpc) is 3.33. The van der Waals surface area contributed by atoms with Gasteiger partial charge in [-0.2, -0.15) is 0 Å². The molecule has 1 unspecified atom stereocenters. The lowest BCUT2D eigenvalue weighted by Gasteiger charge is -2.37. The highest BCUT2D eigenvalue weighted by Crippen LogP contribution is 2.30. The zero-order chi connectivity index (χ0) is 22.6. The van der Waals surface area contributed by atoms with Crippen molar-refractivity contribution >= 4 is 12.2 Å². The number of amides is 1. The van der Waals surface area contributed by atoms with Gasteiger partial charge < -0.3 is 15.0 Å². The van der Waals surface area contributed by atoms with Crippen LogP contribution in [0.4, 0.5) is 5.82 Å². The van der Waals surface area contributed by atoms with E-state index in [4.69, 9.17) is 14.7 Å². The van der Waals surface area contributed by atoms with Gasteiger partial charge in [0.25, 0.3) is 0 Å². The second-order valence-electron chi connectivity index (χ2n) is 10.9. The monoisotopic (exact) mass is 443 g/mol. The molecule has 1 amide bonds. The van der Waals surface area contributed by atoms with E-state index in [0.717, 1.165) is 88.3 Å². The molecule has 1 N–H and O–H groups in total. The molecule has 32 heavy (non-hydrogen) atoms. The van der Waals surface area contributed by atoms with Crippen LogP contribution in [0.25, 0.3) is 0 Å². The molecule has 1 saturated carbocycles. The molecule has 2 aliphatic heterocycles. The number of carbonyl (C=O) groups excluding carboxylic acids is 1. The molecule has 3 aliphatic rings. The summed E-state index contributed by atoms with van der Waals surface area (Å²) < 4.78 is 5.63. The molecule has 1 aromatic rings. The molecule has 1 aromatic heterocycles. The number of nitrogens with zero attached hydrogens (tertiary/aromatic N) is 4. The van der Waals surface area contributed by atoms with Crippen LogP contribution >= 0.6 is 0 Å². The predicted molar refractivity (Wildman–Crippen MR) is 127 cm³/mol. The number of hydrogen-bond acceptors (Lipinski definition) is 6. The van der Waals surface area contributed by atoms with Crippen molar-refractivity contribution in [3.05, 3.63) is 17.6 Å². The highest BCUT2D eigenvalue weighted by Gasteiger charge is 2.27. The summed E-state index contributed by atoms with van der Waals surface area (Å²) in [7, 11) is 0. The van der Waals surface area contributed by atoms with E-state index in [9.17, 15) is 4.79 Å². The fraction of sp³-hybridized carbons (Fsp3) is 0.800. The summed E-state index contributed by atoms with van der Waals surface area (Å²) in [5.74, 6) is 3.24. The Morgan fingerprint density at radius 2 is 1.84 bits per heavy atom. The molecule has 0 spiro atoms. The van der Waals surface area contributed by atoms with Crippen LogP contribution in [-0.4, -0.2) is 73.3 Å². The molecule has 3 fully saturated rings. The second kappa shape index (κ2) is 10.5. The van der Waals surface area contributed by atoms with E-state index < -0.39 is 0 Å². The van der Waals surface area contributed by atoms with Crippen molar-refractivity contribution in [1.82, 2.24) is 20.2 Å². The summed E-state index contributed by atoms with van der Waals surface area (Å²) in [5.41, 5.74) is 1.09. The number of anilines is 1. The Bertz CT molecular complexity index is 743. The summed E-state index contributed by atoms with van der Waals surface area (Å²) in [4.78, 5) is 25.6. The van der Waals surface area contributed by atoms with E-state index in [2.05, 4.69) is 42.0 Å². The topological polar surface area (TPSA) is 70.6 Å². The highest BCUT2D eigenvalue weighted by molar-refractivity contribution is 5.46. The van der Waals surface area contributed by atoms with Gasteiger partial charge in [0.15, 0.2) is 0 Å². The van der Waals surface area contributed by atoms with Crippen LogP contribution in [-0.2, 0) is 14.9 Å². The van der Waals surface area contributed by atoms with Crippen LogP contribution in [0.1, 0.15) is 76.7 Å². The van der Waals surface area contributed by atoms with E-state index in [0.29, 0.717) is 12.0 Å². The number of ether oxygens (including phenoxy) is 1. The molecule has 2 saturated heterocycles. The first-order valence-electron chi connectivity index (χ1n) is 12.6. The van der Waals surface area contributed by atoms with Gasteiger partial charge in [-0.15, -0.1) is 0 Å². The predicted octanol–water partition coefficient (Wildman–Crippen LogP) is 3.09. The fourth-order valence-electron chi connectivity index (χ4n) is 5.21. The van der Waals surface area contributed by atoms with Crippen LogP contribution < -0.4 is 10.2 Å². The second-order valence-corrected chi connectivity index (χ2v) is 10.9. The minimum Gasteiger partial charge on any atom is -0.381 e. The van der Waals surface area contributed by atoms with Gasteiger partial charge in [-0.25, -0.2) is 9.97 Å². The van der Waals surface area contributed by atoms with Crippen LogP contribution in [0.15, 0.2) is 6.07 Å². The lowest BCUT2D eigenvalue weighted by atomic mass is 9.84. The first kappa shape index (κ1) is 23.4. The Labute approximate surface area is 193 Å². The first-order chi connectivity index (χ1) is 15.4. The van der Waals surface area contributed by atoms with Crippen molar-refractivity contribution in [3.63, 3.8) is 0 Å². The summed E-state index contributed by atoms with van der Waals surface area (Å²) in [5, 5.41) is 2.95. The smallest absolute Gasteiger partial charge is 0.207 e. The van der Waals surface area contributed by atoms with Gasteiger partial charge in [0.1, 0.15) is 11.6 Å². The Hall–Kier alpha value is -1.73. The maximum absolute atomic E-state index is 10.6. The van der Waals surface area contributed by atoms with E-state index in [1.54, 1.807) is 0 Å². The van der Waals surface area contributed by atoms with Crippen LogP contribution in [0.5, 0.6) is 0 Å². The van der Waals surface area contributed by atoms with Gasteiger partial charge in [0.05, 0.1) is 12.3 Å². The highest BCUT2D eigenvalue weighted by atomic mass is 16.5. The van der Waals surface area contributed by atoms with Gasteiger partial charge in [-0.3, -0.25) is 9.69 Å². The summed E-state index contributed by atoms with van der Waals surface area (Å²) >= 11 is 0. The number of piperazine rings is 1. The molecule has 178 valence electrons. The Kier molecular flexibility index (Phi) is 7.66. The molecule has 7 nitrogen and oxygen atoms in total. The van der Waals surface area contributed by atoms with Gasteiger partial charge >= 0.3 is 0 Å². The third-order valence-electron chi connectivity index (χ3n) is 7.45. The van der Waals surface area contributed by atoms with Crippen LogP contribution in [0.2, 0.25) is 0 Å². The molecule has 0 aromatic carbocycles. The average molecular weight is 444 g/mol. The Morgan fingerprint density at radius 1 is 1.09 bits per heavy atom. The lowest BCUT2D eigenvalue weighted by molar-refractivity contribution is -0.110. The van der Waals surface area contributed by atoms with Gasteiger partial charge in [-0.05, 0) is 51.0 Å². The summed E-state index contributed by atoms with van der Waals surface area (Å²) in [6, 6.07) is 2.62. The Balaban J connectivity index is 1.31. The number of hydrogen-bond donors (Lipinski definition) is 1. The normalized spacial score (nSPS) is 27.5. The largest absolute Gasteiger partial charge is 0.381 e. The lowest BCUT2D eigenvalue weighted by Crippen LogP contribution is -2.47. The number of rotatable bonds is 7. The van der Waals surface area contributed by atoms with E-state index in [1.165, 1.54) is 25.8 Å². The zero-order valence-corrected chi connectivity index (χ0v) is 20.2. The molecular weight excluding hydrogens is 402 g/mol. The number of carbonyl (C=O) groups is 1. The minimum absolute atomic E-state index is 0.0632. The van der Waals surface area contributed by atoms with E-state index >= 15 is 0 Å². The molecule has 7 heteroatoms. The van der Waals surface area contributed by atoms with Crippen LogP contribution in [0.3, 0.4) is 0 Å². The number of aromatic nitrogens is 2. The zero-order valence-electron chi connectivity index (χ0n) is 20.2. The maximum Gasteiger partial charge on any atom is 0.207 e. The molecule has 1 atom stereocenters. The SMILES string of the molecule is CC(C)(C)c1nc(C2CCOC2)cc(N2CCN(CCC3CCC(NC=O)CC3)CC2)n1. The Morgan fingerprint density at radius 3 is 2.47 bits per heavy atom. The van der Waals surface area contributed by atoms with Gasteiger partial charge in [0.2, 0.25) is 6.41 Å². The number of nitrogens with one attached hydrogen (secondary N) is 1. The third kappa shape index (κ3) is 5.98. The molecule has 0 radical (unpaired) electrons. The molecule has 1 aliphatic carbocycles. The van der Waals surface area contributed by atoms with Crippen molar-refractivity contribution < 1.29 is 9.53 Å². The molecule has 3 heterocycles. The molecular formula is C25H41N5O2. The summed E-state index contributed by atoms with van der Waals surface area (Å²) in [6.45, 7) is 13.6. The van der Waals surface area contributed by atoms with E-state index in [1.807, 2.05) is 0 Å². The van der Waals surface area contributed by atoms with Gasteiger partial charge in [-0.1, -0.05) is 20.8 Å². The van der Waals surface area contributed by atoms with Crippen molar-refractivity contribution in [2.75, 3.05) is 50.8 Å². The maximum atomic E-state index is 10.6. The van der Waals surface area contributed by atoms with Crippen molar-refractivity contribution in [2.45, 2.75) is 76.7 Å². The quantitative estimate of drug-likeness (QED) is 0.653. The summed E-state index contributed by atoms with van der Waals surface area (Å²) in [6.07, 6.45) is 7.95. The van der Waals surface area contributed by atoms with Crippen molar-refractivity contribution in [2.24, 2.45) is 5.92 Å². The molecule has 0 bridgehead atoms. The van der Waals surface area contributed by atoms with Gasteiger partial charge in [0, 0.05) is 56.2 Å². The third-order valence-corrected chi connectivity index (χ3v) is 7.45. The van der Waals surface area contributed by atoms with E-state index in [-0.39, 0.29) is 5.41 Å². The van der Waals surface area contributed by atoms with Crippen molar-refractivity contribution in [3.8, 4) is 0 Å². The van der Waals surface area contributed by atoms with Crippen LogP contribution in [0, 0.1) is 5.92 Å². The standard InChI is InChI=1S/C25H41N5O2/c1-25(2,3)24-27-22(20-9-15-32-17-20)16-23(28-24)30-13-11-29(12-14-30)10-8-19-4-6-21(7-5-19)26-18-31/h16,18-21H,4-15,17H2,1-3H3,(H,26,31). The molecule has 4 rings (SSSR count). The minimum atomic E-state index is -0.0632. The van der Waals surface area contributed by atoms with Crippen molar-refractivity contribution in [1.29, 1.82) is 0 Å². The fourth-order valence-corrected chi connectivity index (χ4v) is 5.21. The first-order valence-corrected chi connectivity index (χ1v) is 12.6.